The Morgan fingerprint density at radius 2 is 1.40 bits per heavy atom. The first-order chi connectivity index (χ1) is 21.5. The Hall–Kier alpha value is -4.34. The number of carbonyl (C=O) groups is 2. The van der Waals surface area contributed by atoms with Crippen LogP contribution < -0.4 is 14.4 Å². The van der Waals surface area contributed by atoms with Gasteiger partial charge < -0.3 is 15.0 Å². The minimum atomic E-state index is -3.91. The first-order valence-electron chi connectivity index (χ1n) is 14.7. The Morgan fingerprint density at radius 3 is 2.00 bits per heavy atom. The average Bonchev–Trinajstić information content (AvgIpc) is 3.02. The van der Waals surface area contributed by atoms with Crippen LogP contribution in [0.4, 0.5) is 5.69 Å². The van der Waals surface area contributed by atoms with Gasteiger partial charge in [0.15, 0.2) is 0 Å². The number of nitrogens with one attached hydrogen (secondary N) is 1. The Bertz CT molecular complexity index is 1670. The number of sulfonamides is 1. The summed E-state index contributed by atoms with van der Waals surface area (Å²) in [4.78, 5) is 29.4. The molecule has 0 radical (unpaired) electrons. The minimum Gasteiger partial charge on any atom is -0.457 e. The van der Waals surface area contributed by atoms with Gasteiger partial charge in [-0.05, 0) is 59.5 Å². The van der Waals surface area contributed by atoms with Crippen LogP contribution in [0.5, 0.6) is 11.5 Å². The molecule has 1 N–H and O–H groups in total. The third-order valence-electron chi connectivity index (χ3n) is 7.04. The van der Waals surface area contributed by atoms with Crippen LogP contribution in [0.3, 0.4) is 0 Å². The van der Waals surface area contributed by atoms with E-state index < -0.39 is 28.5 Å². The number of para-hydroxylation sites is 1. The van der Waals surface area contributed by atoms with Gasteiger partial charge in [-0.1, -0.05) is 92.2 Å². The largest absolute Gasteiger partial charge is 0.457 e. The van der Waals surface area contributed by atoms with Crippen molar-refractivity contribution in [1.82, 2.24) is 10.2 Å². The van der Waals surface area contributed by atoms with Crippen molar-refractivity contribution in [2.75, 3.05) is 23.7 Å². The maximum absolute atomic E-state index is 14.2. The lowest BCUT2D eigenvalue weighted by atomic mass is 10.0. The lowest BCUT2D eigenvalue weighted by Gasteiger charge is -2.34. The fourth-order valence-corrected chi connectivity index (χ4v) is 5.75. The molecule has 0 unspecified atom stereocenters. The molecule has 0 aromatic heterocycles. The van der Waals surface area contributed by atoms with E-state index in [1.807, 2.05) is 74.5 Å². The number of anilines is 1. The lowest BCUT2D eigenvalue weighted by molar-refractivity contribution is -0.140. The van der Waals surface area contributed by atoms with E-state index in [4.69, 9.17) is 16.3 Å². The van der Waals surface area contributed by atoms with Crippen LogP contribution in [-0.2, 0) is 32.6 Å². The molecule has 0 heterocycles. The second-order valence-electron chi connectivity index (χ2n) is 11.1. The van der Waals surface area contributed by atoms with Crippen molar-refractivity contribution >= 4 is 39.1 Å². The Balaban J connectivity index is 1.68. The molecule has 0 fully saturated rings. The number of hydrogen-bond acceptors (Lipinski definition) is 5. The number of amides is 2. The molecule has 0 bridgehead atoms. The molecule has 4 rings (SSSR count). The normalized spacial score (nSPS) is 11.9. The number of benzene rings is 4. The molecule has 4 aromatic rings. The number of rotatable bonds is 14. The van der Waals surface area contributed by atoms with E-state index in [1.54, 1.807) is 48.5 Å². The van der Waals surface area contributed by atoms with Crippen molar-refractivity contribution in [3.05, 3.63) is 125 Å². The summed E-state index contributed by atoms with van der Waals surface area (Å²) in [6.45, 7) is 3.88. The molecule has 4 aromatic carbocycles. The van der Waals surface area contributed by atoms with Crippen LogP contribution in [0.2, 0.25) is 5.02 Å². The fraction of sp³-hybridized carbons (Fsp3) is 0.257. The van der Waals surface area contributed by atoms with Gasteiger partial charge in [0.2, 0.25) is 21.8 Å². The molecule has 0 spiro atoms. The van der Waals surface area contributed by atoms with E-state index in [0.717, 1.165) is 16.1 Å². The second kappa shape index (κ2) is 15.6. The van der Waals surface area contributed by atoms with Gasteiger partial charge in [0.25, 0.3) is 0 Å². The Kier molecular flexibility index (Phi) is 11.6. The molecule has 0 aliphatic heterocycles. The monoisotopic (exact) mass is 647 g/mol. The summed E-state index contributed by atoms with van der Waals surface area (Å²) in [6, 6.07) is 31.2. The molecule has 1 atom stereocenters. The van der Waals surface area contributed by atoms with Crippen molar-refractivity contribution in [3.8, 4) is 11.5 Å². The first kappa shape index (κ1) is 33.6. The summed E-state index contributed by atoms with van der Waals surface area (Å²) in [5.74, 6) is 0.450. The third kappa shape index (κ3) is 9.83. The van der Waals surface area contributed by atoms with Gasteiger partial charge in [0, 0.05) is 24.5 Å². The van der Waals surface area contributed by atoms with Crippen LogP contribution in [-0.4, -0.2) is 50.5 Å². The van der Waals surface area contributed by atoms with Gasteiger partial charge in [-0.2, -0.15) is 0 Å². The molecule has 2 amide bonds. The number of nitrogens with zero attached hydrogens (tertiary/aromatic N) is 2. The zero-order valence-electron chi connectivity index (χ0n) is 25.6. The Labute approximate surface area is 270 Å². The van der Waals surface area contributed by atoms with Gasteiger partial charge in [0.1, 0.15) is 24.1 Å². The Morgan fingerprint density at radius 1 is 0.822 bits per heavy atom. The smallest absolute Gasteiger partial charge is 0.244 e. The van der Waals surface area contributed by atoms with Crippen molar-refractivity contribution in [2.45, 2.75) is 32.9 Å². The molecule has 8 nitrogen and oxygen atoms in total. The number of hydrogen-bond donors (Lipinski definition) is 1. The summed E-state index contributed by atoms with van der Waals surface area (Å²) >= 11 is 6.51. The van der Waals surface area contributed by atoms with Crippen molar-refractivity contribution in [3.63, 3.8) is 0 Å². The molecule has 10 heteroatoms. The van der Waals surface area contributed by atoms with Crippen molar-refractivity contribution in [1.29, 1.82) is 0 Å². The van der Waals surface area contributed by atoms with Gasteiger partial charge in [-0.15, -0.1) is 0 Å². The van der Waals surface area contributed by atoms with E-state index in [2.05, 4.69) is 5.32 Å². The molecule has 0 saturated heterocycles. The van der Waals surface area contributed by atoms with Crippen LogP contribution in [0.1, 0.15) is 25.0 Å². The van der Waals surface area contributed by atoms with E-state index in [9.17, 15) is 18.0 Å². The zero-order chi connectivity index (χ0) is 32.4. The summed E-state index contributed by atoms with van der Waals surface area (Å²) < 4.78 is 33.0. The molecule has 0 aliphatic carbocycles. The number of halogens is 1. The lowest BCUT2D eigenvalue weighted by Crippen LogP contribution is -2.53. The molecular weight excluding hydrogens is 610 g/mol. The van der Waals surface area contributed by atoms with E-state index in [-0.39, 0.29) is 30.5 Å². The SMILES string of the molecule is CC(C)CNC(=O)[C@@H](Cc1ccccc1)N(Cc1ccccc1Cl)C(=O)CN(c1ccc(Oc2ccccc2)cc1)S(C)(=O)=O. The third-order valence-corrected chi connectivity index (χ3v) is 8.55. The van der Waals surface area contributed by atoms with E-state index in [1.165, 1.54) is 4.90 Å². The standard InChI is InChI=1S/C35H38ClN3O5S/c1-26(2)23-37-35(41)33(22-27-12-6-4-7-13-27)38(24-28-14-10-11-17-32(28)36)34(40)25-39(45(3,42)43)29-18-20-31(21-19-29)44-30-15-8-5-9-16-30/h4-21,26,33H,22-25H2,1-3H3,(H,37,41)/t33-/m1/s1. The van der Waals surface area contributed by atoms with Crippen LogP contribution in [0, 0.1) is 5.92 Å². The molecule has 0 aliphatic rings. The molecule has 45 heavy (non-hydrogen) atoms. The summed E-state index contributed by atoms with van der Waals surface area (Å²) in [7, 11) is -3.91. The second-order valence-corrected chi connectivity index (χ2v) is 13.5. The average molecular weight is 648 g/mol. The van der Waals surface area contributed by atoms with Gasteiger partial charge in [0.05, 0.1) is 11.9 Å². The minimum absolute atomic E-state index is 0.00651. The topological polar surface area (TPSA) is 96.0 Å². The highest BCUT2D eigenvalue weighted by molar-refractivity contribution is 7.92. The maximum Gasteiger partial charge on any atom is 0.244 e. The molecule has 236 valence electrons. The zero-order valence-corrected chi connectivity index (χ0v) is 27.2. The number of ether oxygens (including phenoxy) is 1. The maximum atomic E-state index is 14.2. The first-order valence-corrected chi connectivity index (χ1v) is 16.9. The van der Waals surface area contributed by atoms with E-state index in [0.29, 0.717) is 28.6 Å². The summed E-state index contributed by atoms with van der Waals surface area (Å²) in [5, 5.41) is 3.40. The number of carbonyl (C=O) groups excluding carboxylic acids is 2. The van der Waals surface area contributed by atoms with Crippen molar-refractivity contribution in [2.24, 2.45) is 5.92 Å². The highest BCUT2D eigenvalue weighted by atomic mass is 35.5. The molecular formula is C35H38ClN3O5S. The van der Waals surface area contributed by atoms with Crippen molar-refractivity contribution < 1.29 is 22.7 Å². The molecule has 0 saturated carbocycles. The quantitative estimate of drug-likeness (QED) is 0.173. The van der Waals surface area contributed by atoms with Crippen LogP contribution in [0.25, 0.3) is 0 Å². The van der Waals surface area contributed by atoms with E-state index >= 15 is 0 Å². The predicted molar refractivity (Wildman–Crippen MR) is 179 cm³/mol. The summed E-state index contributed by atoms with van der Waals surface area (Å²) in [5.41, 5.74) is 1.77. The summed E-state index contributed by atoms with van der Waals surface area (Å²) in [6.07, 6.45) is 1.27. The van der Waals surface area contributed by atoms with Gasteiger partial charge in [-0.25, -0.2) is 8.42 Å². The van der Waals surface area contributed by atoms with Gasteiger partial charge >= 0.3 is 0 Å². The highest BCUT2D eigenvalue weighted by Gasteiger charge is 2.33. The van der Waals surface area contributed by atoms with Crippen LogP contribution in [0.15, 0.2) is 109 Å². The predicted octanol–water partition coefficient (Wildman–Crippen LogP) is 6.31. The van der Waals surface area contributed by atoms with Crippen LogP contribution >= 0.6 is 11.6 Å². The fourth-order valence-electron chi connectivity index (χ4n) is 4.71. The highest BCUT2D eigenvalue weighted by Crippen LogP contribution is 2.27. The van der Waals surface area contributed by atoms with Gasteiger partial charge in [-0.3, -0.25) is 13.9 Å².